The maximum atomic E-state index is 12.6. The van der Waals surface area contributed by atoms with Crippen molar-refractivity contribution in [1.82, 2.24) is 9.29 Å². The Hall–Kier alpha value is -1.07. The van der Waals surface area contributed by atoms with Gasteiger partial charge in [0.15, 0.2) is 0 Å². The van der Waals surface area contributed by atoms with Crippen molar-refractivity contribution in [2.24, 2.45) is 5.73 Å². The average Bonchev–Trinajstić information content (AvgIpc) is 2.45. The van der Waals surface area contributed by atoms with Crippen LogP contribution in [0.4, 0.5) is 0 Å². The first-order chi connectivity index (χ1) is 9.55. The molecule has 2 N–H and O–H groups in total. The third-order valence-corrected chi connectivity index (χ3v) is 6.13. The second kappa shape index (κ2) is 6.59. The van der Waals surface area contributed by atoms with E-state index in [2.05, 4.69) is 16.8 Å². The van der Waals surface area contributed by atoms with Crippen LogP contribution in [-0.2, 0) is 10.0 Å². The van der Waals surface area contributed by atoms with Crippen LogP contribution in [0.15, 0.2) is 23.4 Å². The fourth-order valence-corrected chi connectivity index (χ4v) is 4.83. The molecule has 1 atom stereocenters. The van der Waals surface area contributed by atoms with E-state index in [1.54, 1.807) is 22.1 Å². The van der Waals surface area contributed by atoms with Crippen LogP contribution in [0.1, 0.15) is 12.5 Å². The van der Waals surface area contributed by atoms with Gasteiger partial charge in [-0.15, -0.1) is 0 Å². The number of pyridine rings is 1. The molecule has 2 heterocycles. The number of nitrogens with two attached hydrogens (primary N) is 1. The Kier molecular flexibility index (Phi) is 5.05. The summed E-state index contributed by atoms with van der Waals surface area (Å²) in [4.78, 5) is 4.16. The van der Waals surface area contributed by atoms with Crippen LogP contribution in [0.3, 0.4) is 0 Å². The van der Waals surface area contributed by atoms with E-state index in [1.807, 2.05) is 6.92 Å². The second-order valence-electron chi connectivity index (χ2n) is 4.45. The fourth-order valence-electron chi connectivity index (χ4n) is 1.99. The van der Waals surface area contributed by atoms with Gasteiger partial charge in [-0.1, -0.05) is 11.8 Å². The predicted octanol–water partition coefficient (Wildman–Crippen LogP) is 0.518. The summed E-state index contributed by atoms with van der Waals surface area (Å²) in [5, 5.41) is 0. The number of aromatic nitrogens is 1. The van der Waals surface area contributed by atoms with Crippen LogP contribution in [0.25, 0.3) is 0 Å². The van der Waals surface area contributed by atoms with Gasteiger partial charge in [-0.3, -0.25) is 4.98 Å². The third-order valence-electron chi connectivity index (χ3n) is 2.96. The molecule has 0 spiro atoms. The summed E-state index contributed by atoms with van der Waals surface area (Å²) in [6.45, 7) is 2.69. The van der Waals surface area contributed by atoms with Crippen molar-refractivity contribution in [1.29, 1.82) is 0 Å². The van der Waals surface area contributed by atoms with E-state index in [-0.39, 0.29) is 17.5 Å². The molecule has 20 heavy (non-hydrogen) atoms. The topological polar surface area (TPSA) is 76.3 Å². The van der Waals surface area contributed by atoms with Crippen molar-refractivity contribution in [2.45, 2.75) is 17.9 Å². The van der Waals surface area contributed by atoms with Crippen molar-refractivity contribution in [3.05, 3.63) is 24.0 Å². The zero-order chi connectivity index (χ0) is 14.6. The molecular formula is C13H17N3O2S2. The van der Waals surface area contributed by atoms with Crippen LogP contribution in [0.2, 0.25) is 0 Å². The maximum Gasteiger partial charge on any atom is 0.244 e. The van der Waals surface area contributed by atoms with E-state index < -0.39 is 10.0 Å². The van der Waals surface area contributed by atoms with Crippen LogP contribution in [0.5, 0.6) is 0 Å². The highest BCUT2D eigenvalue weighted by Crippen LogP contribution is 2.24. The smallest absolute Gasteiger partial charge is 0.244 e. The van der Waals surface area contributed by atoms with Gasteiger partial charge in [-0.05, 0) is 13.0 Å². The molecule has 108 valence electrons. The Morgan fingerprint density at radius 1 is 1.55 bits per heavy atom. The highest BCUT2D eigenvalue weighted by atomic mass is 32.2. The van der Waals surface area contributed by atoms with Crippen LogP contribution in [-0.4, -0.2) is 48.3 Å². The standard InChI is InChI=1S/C13H17N3O2S2/c1-11-10-19-6-5-16(11)20(17,18)13-7-12(3-2-4-14)8-15-9-13/h7-9,11H,4-6,10,14H2,1H3. The van der Waals surface area contributed by atoms with Gasteiger partial charge in [-0.2, -0.15) is 16.1 Å². The molecule has 1 aromatic rings. The summed E-state index contributed by atoms with van der Waals surface area (Å²) in [5.41, 5.74) is 5.88. The molecule has 1 aliphatic rings. The normalized spacial score (nSPS) is 20.2. The summed E-state index contributed by atoms with van der Waals surface area (Å²) < 4.78 is 26.8. The largest absolute Gasteiger partial charge is 0.320 e. The van der Waals surface area contributed by atoms with E-state index in [9.17, 15) is 8.42 Å². The number of thioether (sulfide) groups is 1. The number of rotatable bonds is 2. The van der Waals surface area contributed by atoms with Gasteiger partial charge in [0.1, 0.15) is 4.90 Å². The minimum Gasteiger partial charge on any atom is -0.320 e. The highest BCUT2D eigenvalue weighted by molar-refractivity contribution is 7.99. The van der Waals surface area contributed by atoms with Gasteiger partial charge in [0.25, 0.3) is 0 Å². The number of hydrogen-bond donors (Lipinski definition) is 1. The summed E-state index contributed by atoms with van der Waals surface area (Å²) in [6.07, 6.45) is 2.91. The molecule has 0 radical (unpaired) electrons. The second-order valence-corrected chi connectivity index (χ2v) is 7.50. The van der Waals surface area contributed by atoms with Gasteiger partial charge in [-0.25, -0.2) is 8.42 Å². The molecule has 5 nitrogen and oxygen atoms in total. The van der Waals surface area contributed by atoms with E-state index in [1.165, 1.54) is 12.4 Å². The molecule has 1 aromatic heterocycles. The first-order valence-corrected chi connectivity index (χ1v) is 8.89. The summed E-state index contributed by atoms with van der Waals surface area (Å²) >= 11 is 1.77. The molecule has 1 aliphatic heterocycles. The molecule has 0 aromatic carbocycles. The Labute approximate surface area is 124 Å². The van der Waals surface area contributed by atoms with Gasteiger partial charge < -0.3 is 5.73 Å². The van der Waals surface area contributed by atoms with Gasteiger partial charge >= 0.3 is 0 Å². The minimum atomic E-state index is -3.50. The van der Waals surface area contributed by atoms with Crippen molar-refractivity contribution in [2.75, 3.05) is 24.6 Å². The zero-order valence-corrected chi connectivity index (χ0v) is 12.9. The fraction of sp³-hybridized carbons (Fsp3) is 0.462. The molecule has 0 aliphatic carbocycles. The summed E-state index contributed by atoms with van der Waals surface area (Å²) in [5.74, 6) is 7.15. The monoisotopic (exact) mass is 311 g/mol. The quantitative estimate of drug-likeness (QED) is 0.806. The average molecular weight is 311 g/mol. The molecule has 2 rings (SSSR count). The molecular weight excluding hydrogens is 294 g/mol. The number of hydrogen-bond acceptors (Lipinski definition) is 5. The SMILES string of the molecule is CC1CSCCN1S(=O)(=O)c1cncc(C#CCN)c1. The first kappa shape index (κ1) is 15.3. The van der Waals surface area contributed by atoms with Crippen molar-refractivity contribution in [3.63, 3.8) is 0 Å². The minimum absolute atomic E-state index is 0.00229. The lowest BCUT2D eigenvalue weighted by atomic mass is 10.3. The van der Waals surface area contributed by atoms with Crippen molar-refractivity contribution in [3.8, 4) is 11.8 Å². The Morgan fingerprint density at radius 3 is 3.05 bits per heavy atom. The van der Waals surface area contributed by atoms with Gasteiger partial charge in [0.05, 0.1) is 6.54 Å². The number of sulfonamides is 1. The third kappa shape index (κ3) is 3.33. The Morgan fingerprint density at radius 2 is 2.35 bits per heavy atom. The zero-order valence-electron chi connectivity index (χ0n) is 11.2. The lowest BCUT2D eigenvalue weighted by molar-refractivity contribution is 0.367. The summed E-state index contributed by atoms with van der Waals surface area (Å²) in [6, 6.07) is 1.55. The molecule has 0 bridgehead atoms. The maximum absolute atomic E-state index is 12.6. The van der Waals surface area contributed by atoms with Crippen LogP contribution < -0.4 is 5.73 Å². The van der Waals surface area contributed by atoms with Gasteiger partial charge in [0, 0.05) is 42.0 Å². The van der Waals surface area contributed by atoms with Crippen molar-refractivity contribution < 1.29 is 8.42 Å². The molecule has 1 fully saturated rings. The number of nitrogens with zero attached hydrogens (tertiary/aromatic N) is 2. The lowest BCUT2D eigenvalue weighted by Crippen LogP contribution is -2.44. The Bertz CT molecular complexity index is 635. The van der Waals surface area contributed by atoms with Crippen molar-refractivity contribution >= 4 is 21.8 Å². The van der Waals surface area contributed by atoms with Crippen LogP contribution in [0, 0.1) is 11.8 Å². The van der Waals surface area contributed by atoms with E-state index in [0.717, 1.165) is 11.5 Å². The van der Waals surface area contributed by atoms with E-state index in [0.29, 0.717) is 12.1 Å². The predicted molar refractivity (Wildman–Crippen MR) is 80.8 cm³/mol. The van der Waals surface area contributed by atoms with Crippen LogP contribution >= 0.6 is 11.8 Å². The van der Waals surface area contributed by atoms with E-state index in [4.69, 9.17) is 5.73 Å². The molecule has 1 unspecified atom stereocenters. The van der Waals surface area contributed by atoms with Gasteiger partial charge in [0.2, 0.25) is 10.0 Å². The van der Waals surface area contributed by atoms with E-state index >= 15 is 0 Å². The lowest BCUT2D eigenvalue weighted by Gasteiger charge is -2.31. The highest BCUT2D eigenvalue weighted by Gasteiger charge is 2.31. The Balaban J connectivity index is 2.34. The molecule has 0 amide bonds. The molecule has 0 saturated carbocycles. The first-order valence-electron chi connectivity index (χ1n) is 6.29. The molecule has 7 heteroatoms. The summed E-state index contributed by atoms with van der Waals surface area (Å²) in [7, 11) is -3.50. The molecule has 1 saturated heterocycles.